The smallest absolute Gasteiger partial charge is 0.321 e. The van der Waals surface area contributed by atoms with Gasteiger partial charge in [0.25, 0.3) is 0 Å². The lowest BCUT2D eigenvalue weighted by atomic mass is 10.1. The van der Waals surface area contributed by atoms with Crippen LogP contribution in [0.5, 0.6) is 0 Å². The second-order valence-corrected chi connectivity index (χ2v) is 6.55. The predicted molar refractivity (Wildman–Crippen MR) is 107 cm³/mol. The van der Waals surface area contributed by atoms with Crippen molar-refractivity contribution >= 4 is 28.4 Å². The number of hydrogen-bond donors (Lipinski definition) is 1. The van der Waals surface area contributed by atoms with Crippen LogP contribution in [0, 0.1) is 0 Å². The van der Waals surface area contributed by atoms with Gasteiger partial charge in [-0.15, -0.1) is 0 Å². The molecule has 26 heavy (non-hydrogen) atoms. The summed E-state index contributed by atoms with van der Waals surface area (Å²) < 4.78 is 5.93. The second kappa shape index (κ2) is 7.52. The summed E-state index contributed by atoms with van der Waals surface area (Å²) in [7, 11) is 5.72. The molecule has 1 heterocycles. The van der Waals surface area contributed by atoms with E-state index in [0.717, 1.165) is 40.1 Å². The molecule has 0 bridgehead atoms. The van der Waals surface area contributed by atoms with E-state index in [0.29, 0.717) is 6.54 Å². The highest BCUT2D eigenvalue weighted by molar-refractivity contribution is 5.93. The van der Waals surface area contributed by atoms with Gasteiger partial charge in [-0.3, -0.25) is 0 Å². The molecule has 0 fully saturated rings. The number of urea groups is 1. The molecule has 0 aliphatic heterocycles. The third-order valence-corrected chi connectivity index (χ3v) is 4.47. The van der Waals surface area contributed by atoms with E-state index in [4.69, 9.17) is 4.42 Å². The van der Waals surface area contributed by atoms with Gasteiger partial charge in [0.15, 0.2) is 0 Å². The second-order valence-electron chi connectivity index (χ2n) is 6.55. The molecule has 0 saturated heterocycles. The summed E-state index contributed by atoms with van der Waals surface area (Å²) in [5, 5.41) is 4.07. The van der Waals surface area contributed by atoms with Crippen LogP contribution in [-0.2, 0) is 13.0 Å². The van der Waals surface area contributed by atoms with Crippen molar-refractivity contribution in [2.45, 2.75) is 19.9 Å². The average molecular weight is 351 g/mol. The Bertz CT molecular complexity index is 915. The topological polar surface area (TPSA) is 48.7 Å². The fourth-order valence-electron chi connectivity index (χ4n) is 3.10. The molecular weight excluding hydrogens is 326 g/mol. The van der Waals surface area contributed by atoms with Crippen molar-refractivity contribution in [3.8, 4) is 0 Å². The summed E-state index contributed by atoms with van der Waals surface area (Å²) in [6.07, 6.45) is 0.795. The summed E-state index contributed by atoms with van der Waals surface area (Å²) in [5.41, 5.74) is 3.70. The Labute approximate surface area is 154 Å². The number of fused-ring (bicyclic) bond motifs is 1. The SMILES string of the molecule is CCc1oc2ccccc2c1CN(C)C(=O)Nc1ccccc1N(C)C. The third kappa shape index (κ3) is 3.52. The van der Waals surface area contributed by atoms with E-state index in [1.54, 1.807) is 11.9 Å². The quantitative estimate of drug-likeness (QED) is 0.723. The highest BCUT2D eigenvalue weighted by atomic mass is 16.3. The standard InChI is InChI=1S/C21H25N3O2/c1-5-19-16(15-10-6-9-13-20(15)26-19)14-24(4)21(25)22-17-11-7-8-12-18(17)23(2)3/h6-13H,5,14H2,1-4H3,(H,22,25). The number of anilines is 2. The normalized spacial score (nSPS) is 10.8. The molecule has 5 nitrogen and oxygen atoms in total. The maximum atomic E-state index is 12.7. The molecule has 0 saturated carbocycles. The summed E-state index contributed by atoms with van der Waals surface area (Å²) in [4.78, 5) is 16.4. The summed E-state index contributed by atoms with van der Waals surface area (Å²) in [6.45, 7) is 2.56. The lowest BCUT2D eigenvalue weighted by molar-refractivity contribution is 0.220. The molecule has 0 atom stereocenters. The molecule has 1 aromatic heterocycles. The number of carbonyl (C=O) groups excluding carboxylic acids is 1. The molecule has 5 heteroatoms. The molecule has 0 unspecified atom stereocenters. The van der Waals surface area contributed by atoms with Crippen LogP contribution in [-0.4, -0.2) is 32.1 Å². The van der Waals surface area contributed by atoms with Gasteiger partial charge in [0.2, 0.25) is 0 Å². The Kier molecular flexibility index (Phi) is 5.16. The first-order chi connectivity index (χ1) is 12.5. The summed E-state index contributed by atoms with van der Waals surface area (Å²) in [5.74, 6) is 0.930. The number of para-hydroxylation sites is 3. The van der Waals surface area contributed by atoms with Gasteiger partial charge in [-0.1, -0.05) is 37.3 Å². The fraction of sp³-hybridized carbons (Fsp3) is 0.286. The molecule has 2 aromatic carbocycles. The minimum Gasteiger partial charge on any atom is -0.461 e. The van der Waals surface area contributed by atoms with Gasteiger partial charge in [0, 0.05) is 38.5 Å². The van der Waals surface area contributed by atoms with Gasteiger partial charge in [-0.05, 0) is 18.2 Å². The molecule has 3 aromatic rings. The van der Waals surface area contributed by atoms with Crippen molar-refractivity contribution in [1.82, 2.24) is 4.90 Å². The zero-order valence-electron chi connectivity index (χ0n) is 15.7. The molecular formula is C21H25N3O2. The Hall–Kier alpha value is -2.95. The van der Waals surface area contributed by atoms with Crippen molar-refractivity contribution in [2.24, 2.45) is 0 Å². The van der Waals surface area contributed by atoms with Gasteiger partial charge in [0.1, 0.15) is 11.3 Å². The number of benzene rings is 2. The Morgan fingerprint density at radius 2 is 1.73 bits per heavy atom. The number of furan rings is 1. The van der Waals surface area contributed by atoms with E-state index in [1.807, 2.05) is 67.5 Å². The van der Waals surface area contributed by atoms with Crippen LogP contribution in [0.4, 0.5) is 16.2 Å². The molecule has 0 aliphatic carbocycles. The van der Waals surface area contributed by atoms with E-state index in [-0.39, 0.29) is 6.03 Å². The van der Waals surface area contributed by atoms with Crippen LogP contribution in [0.3, 0.4) is 0 Å². The summed E-state index contributed by atoms with van der Waals surface area (Å²) >= 11 is 0. The number of aryl methyl sites for hydroxylation is 1. The van der Waals surface area contributed by atoms with E-state index in [1.165, 1.54) is 0 Å². The molecule has 1 N–H and O–H groups in total. The van der Waals surface area contributed by atoms with Crippen LogP contribution in [0.2, 0.25) is 0 Å². The highest BCUT2D eigenvalue weighted by Gasteiger charge is 2.18. The number of nitrogens with zero attached hydrogens (tertiary/aromatic N) is 2. The van der Waals surface area contributed by atoms with Crippen LogP contribution in [0.1, 0.15) is 18.2 Å². The van der Waals surface area contributed by atoms with Crippen LogP contribution in [0.25, 0.3) is 11.0 Å². The number of rotatable bonds is 5. The lowest BCUT2D eigenvalue weighted by Crippen LogP contribution is -2.31. The zero-order valence-corrected chi connectivity index (χ0v) is 15.7. The molecule has 2 amide bonds. The lowest BCUT2D eigenvalue weighted by Gasteiger charge is -2.21. The number of carbonyl (C=O) groups is 1. The number of nitrogens with one attached hydrogen (secondary N) is 1. The van der Waals surface area contributed by atoms with E-state index >= 15 is 0 Å². The minimum atomic E-state index is -0.147. The monoisotopic (exact) mass is 351 g/mol. The van der Waals surface area contributed by atoms with Gasteiger partial charge < -0.3 is 19.5 Å². The van der Waals surface area contributed by atoms with Crippen molar-refractivity contribution in [1.29, 1.82) is 0 Å². The predicted octanol–water partition coefficient (Wildman–Crippen LogP) is 4.73. The van der Waals surface area contributed by atoms with Crippen molar-refractivity contribution in [3.63, 3.8) is 0 Å². The minimum absolute atomic E-state index is 0.147. The van der Waals surface area contributed by atoms with Crippen LogP contribution < -0.4 is 10.2 Å². The largest absolute Gasteiger partial charge is 0.461 e. The van der Waals surface area contributed by atoms with Gasteiger partial charge in [-0.25, -0.2) is 4.79 Å². The van der Waals surface area contributed by atoms with Crippen molar-refractivity contribution < 1.29 is 9.21 Å². The first kappa shape index (κ1) is 17.9. The Morgan fingerprint density at radius 3 is 2.46 bits per heavy atom. The molecule has 0 radical (unpaired) electrons. The van der Waals surface area contributed by atoms with Gasteiger partial charge >= 0.3 is 6.03 Å². The third-order valence-electron chi connectivity index (χ3n) is 4.47. The molecule has 0 aliphatic rings. The van der Waals surface area contributed by atoms with Crippen LogP contribution >= 0.6 is 0 Å². The van der Waals surface area contributed by atoms with Crippen LogP contribution in [0.15, 0.2) is 52.9 Å². The fourth-order valence-corrected chi connectivity index (χ4v) is 3.10. The average Bonchev–Trinajstić information content (AvgIpc) is 2.99. The maximum absolute atomic E-state index is 12.7. The Morgan fingerprint density at radius 1 is 1.04 bits per heavy atom. The summed E-state index contributed by atoms with van der Waals surface area (Å²) in [6, 6.07) is 15.6. The Balaban J connectivity index is 1.81. The first-order valence-corrected chi connectivity index (χ1v) is 8.79. The maximum Gasteiger partial charge on any atom is 0.321 e. The van der Waals surface area contributed by atoms with E-state index < -0.39 is 0 Å². The number of amides is 2. The van der Waals surface area contributed by atoms with E-state index in [9.17, 15) is 4.79 Å². The number of hydrogen-bond acceptors (Lipinski definition) is 3. The molecule has 136 valence electrons. The van der Waals surface area contributed by atoms with Crippen molar-refractivity contribution in [2.75, 3.05) is 31.4 Å². The van der Waals surface area contributed by atoms with Crippen molar-refractivity contribution in [3.05, 3.63) is 59.9 Å². The van der Waals surface area contributed by atoms with Gasteiger partial charge in [-0.2, -0.15) is 0 Å². The highest BCUT2D eigenvalue weighted by Crippen LogP contribution is 2.28. The zero-order chi connectivity index (χ0) is 18.7. The van der Waals surface area contributed by atoms with E-state index in [2.05, 4.69) is 12.2 Å². The molecule has 3 rings (SSSR count). The van der Waals surface area contributed by atoms with Gasteiger partial charge in [0.05, 0.1) is 17.9 Å². The molecule has 0 spiro atoms. The first-order valence-electron chi connectivity index (χ1n) is 8.79.